The molecule has 0 radical (unpaired) electrons. The number of nitrogens with one attached hydrogen (secondary N) is 1. The van der Waals surface area contributed by atoms with Crippen molar-refractivity contribution in [3.8, 4) is 11.3 Å². The van der Waals surface area contributed by atoms with E-state index in [4.69, 9.17) is 13.7 Å². The number of carbonyl (C=O) groups is 1. The van der Waals surface area contributed by atoms with E-state index in [1.165, 1.54) is 0 Å². The van der Waals surface area contributed by atoms with Gasteiger partial charge in [0.05, 0.1) is 42.7 Å². The third-order valence-electron chi connectivity index (χ3n) is 5.76. The molecule has 6 rings (SSSR count). The van der Waals surface area contributed by atoms with Gasteiger partial charge in [0.15, 0.2) is 11.5 Å². The smallest absolute Gasteiger partial charge is 0.196 e. The first-order valence-electron chi connectivity index (χ1n) is 10.0. The van der Waals surface area contributed by atoms with Crippen molar-refractivity contribution in [2.24, 2.45) is 0 Å². The van der Waals surface area contributed by atoms with Gasteiger partial charge in [-0.15, -0.1) is 0 Å². The summed E-state index contributed by atoms with van der Waals surface area (Å²) < 4.78 is 16.8. The van der Waals surface area contributed by atoms with Gasteiger partial charge in [0.25, 0.3) is 0 Å². The van der Waals surface area contributed by atoms with E-state index in [2.05, 4.69) is 15.4 Å². The number of anilines is 2. The molecule has 30 heavy (non-hydrogen) atoms. The fourth-order valence-corrected chi connectivity index (χ4v) is 4.32. The van der Waals surface area contributed by atoms with Gasteiger partial charge in [-0.05, 0) is 18.2 Å². The first-order chi connectivity index (χ1) is 14.8. The highest BCUT2D eigenvalue weighted by atomic mass is 16.5. The number of ketones is 1. The Bertz CT molecular complexity index is 1250. The van der Waals surface area contributed by atoms with Gasteiger partial charge < -0.3 is 23.9 Å². The number of fused-ring (bicyclic) bond motifs is 2. The van der Waals surface area contributed by atoms with Crippen molar-refractivity contribution in [1.29, 1.82) is 0 Å². The van der Waals surface area contributed by atoms with Gasteiger partial charge in [0.2, 0.25) is 0 Å². The Morgan fingerprint density at radius 2 is 1.90 bits per heavy atom. The third-order valence-corrected chi connectivity index (χ3v) is 5.76. The molecular formula is C23H19N3O4. The molecule has 0 atom stereocenters. The van der Waals surface area contributed by atoms with Gasteiger partial charge in [0.1, 0.15) is 11.3 Å². The fourth-order valence-electron chi connectivity index (χ4n) is 4.32. The number of furan rings is 1. The molecule has 1 saturated heterocycles. The standard InChI is InChI=1S/C23H19N3O4/c27-22-15-5-1-2-6-16(15)23-20-19(22)17(24-13-14-4-3-9-29-14)12-18(21(20)25-30-23)26-7-10-28-11-8-26/h1-6,9,12,24H,7-8,10-11,13H2. The molecule has 7 heteroatoms. The molecule has 0 saturated carbocycles. The van der Waals surface area contributed by atoms with Gasteiger partial charge >= 0.3 is 0 Å². The summed E-state index contributed by atoms with van der Waals surface area (Å²) in [5, 5.41) is 8.57. The maximum atomic E-state index is 13.5. The summed E-state index contributed by atoms with van der Waals surface area (Å²) in [6.07, 6.45) is 1.64. The van der Waals surface area contributed by atoms with Crippen molar-refractivity contribution in [3.63, 3.8) is 0 Å². The molecule has 0 spiro atoms. The van der Waals surface area contributed by atoms with Crippen molar-refractivity contribution >= 4 is 28.1 Å². The number of carbonyl (C=O) groups excluding carboxylic acids is 1. The van der Waals surface area contributed by atoms with Crippen molar-refractivity contribution < 1.29 is 18.5 Å². The summed E-state index contributed by atoms with van der Waals surface area (Å²) >= 11 is 0. The topological polar surface area (TPSA) is 80.7 Å². The number of morpholine rings is 1. The van der Waals surface area contributed by atoms with Crippen molar-refractivity contribution in [3.05, 3.63) is 65.6 Å². The van der Waals surface area contributed by atoms with Gasteiger partial charge in [-0.25, -0.2) is 0 Å². The minimum Gasteiger partial charge on any atom is -0.467 e. The largest absolute Gasteiger partial charge is 0.467 e. The molecule has 1 N–H and O–H groups in total. The highest BCUT2D eigenvalue weighted by Crippen LogP contribution is 2.45. The van der Waals surface area contributed by atoms with Gasteiger partial charge in [0, 0.05) is 29.9 Å². The van der Waals surface area contributed by atoms with Crippen LogP contribution in [-0.2, 0) is 11.3 Å². The molecule has 1 fully saturated rings. The van der Waals surface area contributed by atoms with Crippen molar-refractivity contribution in [2.75, 3.05) is 36.5 Å². The zero-order valence-electron chi connectivity index (χ0n) is 16.2. The zero-order valence-corrected chi connectivity index (χ0v) is 16.2. The Balaban J connectivity index is 1.57. The molecule has 0 amide bonds. The van der Waals surface area contributed by atoms with Crippen LogP contribution in [0.5, 0.6) is 0 Å². The quantitative estimate of drug-likeness (QED) is 0.486. The van der Waals surface area contributed by atoms with Crippen LogP contribution in [0.15, 0.2) is 57.7 Å². The lowest BCUT2D eigenvalue weighted by atomic mass is 9.86. The molecule has 150 valence electrons. The predicted octanol–water partition coefficient (Wildman–Crippen LogP) is 4.08. The van der Waals surface area contributed by atoms with Crippen LogP contribution in [0.25, 0.3) is 22.2 Å². The third kappa shape index (κ3) is 2.55. The molecule has 1 aliphatic carbocycles. The van der Waals surface area contributed by atoms with Crippen LogP contribution < -0.4 is 10.2 Å². The normalized spacial score (nSPS) is 15.5. The number of ether oxygens (including phenoxy) is 1. The van der Waals surface area contributed by atoms with E-state index in [0.29, 0.717) is 42.2 Å². The molecule has 3 heterocycles. The monoisotopic (exact) mass is 401 g/mol. The number of benzene rings is 2. The number of hydrogen-bond acceptors (Lipinski definition) is 7. The Labute approximate surface area is 172 Å². The van der Waals surface area contributed by atoms with Crippen LogP contribution in [0, 0.1) is 0 Å². The number of aromatic nitrogens is 1. The molecule has 0 bridgehead atoms. The Hall–Kier alpha value is -3.58. The molecule has 4 aromatic rings. The van der Waals surface area contributed by atoms with E-state index < -0.39 is 0 Å². The van der Waals surface area contributed by atoms with Gasteiger partial charge in [-0.2, -0.15) is 0 Å². The van der Waals surface area contributed by atoms with E-state index >= 15 is 0 Å². The summed E-state index contributed by atoms with van der Waals surface area (Å²) in [5.41, 5.74) is 4.43. The van der Waals surface area contributed by atoms with E-state index in [1.54, 1.807) is 6.26 Å². The Morgan fingerprint density at radius 1 is 1.07 bits per heavy atom. The number of hydrogen-bond donors (Lipinski definition) is 1. The van der Waals surface area contributed by atoms with E-state index in [-0.39, 0.29) is 5.78 Å². The lowest BCUT2D eigenvalue weighted by molar-refractivity contribution is 0.104. The number of rotatable bonds is 4. The average Bonchev–Trinajstić information content (AvgIpc) is 3.47. The summed E-state index contributed by atoms with van der Waals surface area (Å²) in [6, 6.07) is 13.3. The highest BCUT2D eigenvalue weighted by molar-refractivity contribution is 6.28. The van der Waals surface area contributed by atoms with Crippen LogP contribution in [0.2, 0.25) is 0 Å². The highest BCUT2D eigenvalue weighted by Gasteiger charge is 2.33. The molecule has 0 unspecified atom stereocenters. The van der Waals surface area contributed by atoms with Crippen LogP contribution in [-0.4, -0.2) is 37.2 Å². The Kier molecular flexibility index (Phi) is 3.89. The molecule has 2 aromatic carbocycles. The van der Waals surface area contributed by atoms with Crippen LogP contribution >= 0.6 is 0 Å². The first-order valence-corrected chi connectivity index (χ1v) is 10.0. The SMILES string of the molecule is O=C1c2ccccc2-c2onc3c(N4CCOCC4)cc(NCc4ccco4)c1c23. The molecule has 2 aromatic heterocycles. The van der Waals surface area contributed by atoms with Gasteiger partial charge in [-0.1, -0.05) is 29.4 Å². The second kappa shape index (κ2) is 6.74. The van der Waals surface area contributed by atoms with E-state index in [0.717, 1.165) is 41.2 Å². The lowest BCUT2D eigenvalue weighted by Gasteiger charge is -2.30. The van der Waals surface area contributed by atoms with Crippen molar-refractivity contribution in [1.82, 2.24) is 5.16 Å². The second-order valence-electron chi connectivity index (χ2n) is 7.46. The van der Waals surface area contributed by atoms with Gasteiger partial charge in [-0.3, -0.25) is 4.79 Å². The Morgan fingerprint density at radius 3 is 2.70 bits per heavy atom. The van der Waals surface area contributed by atoms with E-state index in [1.807, 2.05) is 42.5 Å². The summed E-state index contributed by atoms with van der Waals surface area (Å²) in [5.74, 6) is 1.41. The lowest BCUT2D eigenvalue weighted by Crippen LogP contribution is -2.36. The summed E-state index contributed by atoms with van der Waals surface area (Å²) in [7, 11) is 0. The summed E-state index contributed by atoms with van der Waals surface area (Å²) in [4.78, 5) is 15.7. The van der Waals surface area contributed by atoms with E-state index in [9.17, 15) is 4.79 Å². The number of nitrogens with zero attached hydrogens (tertiary/aromatic N) is 2. The maximum Gasteiger partial charge on any atom is 0.196 e. The van der Waals surface area contributed by atoms with Crippen molar-refractivity contribution in [2.45, 2.75) is 6.54 Å². The van der Waals surface area contributed by atoms with Crippen LogP contribution in [0.3, 0.4) is 0 Å². The zero-order chi connectivity index (χ0) is 20.1. The summed E-state index contributed by atoms with van der Waals surface area (Å²) in [6.45, 7) is 3.32. The molecule has 7 nitrogen and oxygen atoms in total. The second-order valence-corrected chi connectivity index (χ2v) is 7.46. The maximum absolute atomic E-state index is 13.5. The molecular weight excluding hydrogens is 382 g/mol. The first kappa shape index (κ1) is 17.3. The van der Waals surface area contributed by atoms with Crippen LogP contribution in [0.4, 0.5) is 11.4 Å². The minimum atomic E-state index is -0.0261. The molecule has 1 aliphatic heterocycles. The average molecular weight is 401 g/mol. The fraction of sp³-hybridized carbons (Fsp3) is 0.217. The minimum absolute atomic E-state index is 0.0261. The van der Waals surface area contributed by atoms with Crippen LogP contribution in [0.1, 0.15) is 21.7 Å². The predicted molar refractivity (Wildman–Crippen MR) is 112 cm³/mol. The molecule has 2 aliphatic rings.